The van der Waals surface area contributed by atoms with Gasteiger partial charge in [0.15, 0.2) is 5.13 Å². The van der Waals surface area contributed by atoms with E-state index >= 15 is 0 Å². The van der Waals surface area contributed by atoms with Crippen LogP contribution in [0.4, 0.5) is 10.8 Å². The smallest absolute Gasteiger partial charge is 0.260 e. The van der Waals surface area contributed by atoms with Gasteiger partial charge >= 0.3 is 0 Å². The quantitative estimate of drug-likeness (QED) is 0.548. The lowest BCUT2D eigenvalue weighted by Gasteiger charge is -2.36. The number of amides is 1. The first-order chi connectivity index (χ1) is 15.9. The second-order valence-corrected chi connectivity index (χ2v) is 9.29. The lowest BCUT2D eigenvalue weighted by Crippen LogP contribution is -2.44. The van der Waals surface area contributed by atoms with Crippen LogP contribution in [0.3, 0.4) is 0 Å². The molecule has 11 heteroatoms. The van der Waals surface area contributed by atoms with Crippen molar-refractivity contribution in [3.8, 4) is 0 Å². The molecule has 1 aromatic carbocycles. The Balaban J connectivity index is 1.57. The maximum Gasteiger partial charge on any atom is 0.260 e. The number of anilines is 2. The zero-order valence-electron chi connectivity index (χ0n) is 18.7. The van der Waals surface area contributed by atoms with Gasteiger partial charge in [-0.25, -0.2) is 9.98 Å². The molecule has 1 atom stereocenters. The van der Waals surface area contributed by atoms with Crippen LogP contribution in [0.1, 0.15) is 22.2 Å². The number of thiazole rings is 1. The number of carbonyl (C=O) groups excluding carboxylic acids is 1. The van der Waals surface area contributed by atoms with E-state index in [0.29, 0.717) is 15.0 Å². The molecular formula is C22H28ClN7O2S. The number of hydrogen-bond donors (Lipinski definition) is 3. The summed E-state index contributed by atoms with van der Waals surface area (Å²) in [7, 11) is 0. The standard InChI is InChI=1S/C22H28ClN7O2S/c1-14-4-3-5-16(23)20(14)30-15(2)27-18(25-6-7-29-8-10-32-11-9-29)12-19(30)28-22-26-13-17(33-22)21(24)31/h3-5,12-13,15H,6-11H2,1-2H3,(H2,24,31)(H,25,27)(H,26,28). The van der Waals surface area contributed by atoms with Crippen molar-refractivity contribution in [2.24, 2.45) is 10.7 Å². The van der Waals surface area contributed by atoms with Crippen LogP contribution in [-0.2, 0) is 4.74 Å². The van der Waals surface area contributed by atoms with Crippen molar-refractivity contribution in [2.75, 3.05) is 49.6 Å². The van der Waals surface area contributed by atoms with E-state index < -0.39 is 5.91 Å². The SMILES string of the molecule is Cc1cccc(Cl)c1N1C(Nc2ncc(C(N)=O)s2)=CC(NCCN2CCOCC2)=NC1C. The molecule has 4 rings (SSSR count). The minimum Gasteiger partial charge on any atom is -0.379 e. The average Bonchev–Trinajstić information content (AvgIpc) is 3.25. The Kier molecular flexibility index (Phi) is 7.49. The number of rotatable bonds is 7. The molecule has 0 spiro atoms. The number of halogens is 1. The molecule has 33 heavy (non-hydrogen) atoms. The monoisotopic (exact) mass is 489 g/mol. The van der Waals surface area contributed by atoms with Crippen molar-refractivity contribution < 1.29 is 9.53 Å². The number of hydrogen-bond acceptors (Lipinski definition) is 9. The normalized spacial score (nSPS) is 19.1. The van der Waals surface area contributed by atoms with Gasteiger partial charge in [-0.2, -0.15) is 0 Å². The van der Waals surface area contributed by atoms with E-state index in [2.05, 4.69) is 20.5 Å². The predicted octanol–water partition coefficient (Wildman–Crippen LogP) is 2.64. The van der Waals surface area contributed by atoms with E-state index in [1.54, 1.807) is 0 Å². The number of amidine groups is 1. The van der Waals surface area contributed by atoms with E-state index in [9.17, 15) is 4.79 Å². The first-order valence-corrected chi connectivity index (χ1v) is 12.0. The number of aromatic nitrogens is 1. The second kappa shape index (κ2) is 10.5. The number of benzene rings is 1. The first-order valence-electron chi connectivity index (χ1n) is 10.8. The maximum absolute atomic E-state index is 11.5. The fraction of sp³-hybridized carbons (Fsp3) is 0.409. The number of morpholine rings is 1. The van der Waals surface area contributed by atoms with Crippen LogP contribution in [0, 0.1) is 6.92 Å². The number of primary amides is 1. The van der Waals surface area contributed by atoms with Gasteiger partial charge in [-0.05, 0) is 25.5 Å². The zero-order valence-corrected chi connectivity index (χ0v) is 20.2. The molecule has 2 aliphatic rings. The molecule has 2 aromatic rings. The number of carbonyl (C=O) groups is 1. The molecule has 4 N–H and O–H groups in total. The highest BCUT2D eigenvalue weighted by atomic mass is 35.5. The number of ether oxygens (including phenoxy) is 1. The lowest BCUT2D eigenvalue weighted by atomic mass is 10.1. The molecular weight excluding hydrogens is 462 g/mol. The van der Waals surface area contributed by atoms with Gasteiger partial charge in [0, 0.05) is 32.3 Å². The van der Waals surface area contributed by atoms with Crippen LogP contribution >= 0.6 is 22.9 Å². The van der Waals surface area contributed by atoms with Crippen LogP contribution in [0.2, 0.25) is 5.02 Å². The van der Waals surface area contributed by atoms with Gasteiger partial charge in [0.1, 0.15) is 22.7 Å². The Labute approximate surface area is 202 Å². The third-order valence-corrected chi connectivity index (χ3v) is 6.72. The van der Waals surface area contributed by atoms with Crippen molar-refractivity contribution in [1.82, 2.24) is 15.2 Å². The molecule has 0 saturated carbocycles. The van der Waals surface area contributed by atoms with E-state index in [4.69, 9.17) is 27.1 Å². The summed E-state index contributed by atoms with van der Waals surface area (Å²) in [4.78, 5) is 25.5. The zero-order chi connectivity index (χ0) is 23.4. The van der Waals surface area contributed by atoms with E-state index in [1.165, 1.54) is 17.5 Å². The average molecular weight is 490 g/mol. The van der Waals surface area contributed by atoms with Gasteiger partial charge < -0.3 is 26.0 Å². The Morgan fingerprint density at radius 3 is 2.85 bits per heavy atom. The minimum absolute atomic E-state index is 0.224. The third-order valence-electron chi connectivity index (χ3n) is 5.48. The van der Waals surface area contributed by atoms with Crippen LogP contribution in [-0.4, -0.2) is 67.2 Å². The predicted molar refractivity (Wildman–Crippen MR) is 133 cm³/mol. The molecule has 1 fully saturated rings. The van der Waals surface area contributed by atoms with Crippen molar-refractivity contribution in [3.05, 3.63) is 51.8 Å². The summed E-state index contributed by atoms with van der Waals surface area (Å²) < 4.78 is 5.42. The van der Waals surface area contributed by atoms with Gasteiger partial charge in [0.25, 0.3) is 5.91 Å². The summed E-state index contributed by atoms with van der Waals surface area (Å²) in [6, 6.07) is 5.80. The molecule has 2 aliphatic heterocycles. The lowest BCUT2D eigenvalue weighted by molar-refractivity contribution is 0.0389. The van der Waals surface area contributed by atoms with E-state index in [0.717, 1.165) is 62.3 Å². The van der Waals surface area contributed by atoms with Crippen molar-refractivity contribution in [3.63, 3.8) is 0 Å². The molecule has 1 aromatic heterocycles. The number of aliphatic imine (C=N–C) groups is 1. The first kappa shape index (κ1) is 23.5. The highest BCUT2D eigenvalue weighted by Gasteiger charge is 2.27. The van der Waals surface area contributed by atoms with Crippen LogP contribution in [0.5, 0.6) is 0 Å². The Hall–Kier alpha value is -2.66. The summed E-state index contributed by atoms with van der Waals surface area (Å²) >= 11 is 7.80. The summed E-state index contributed by atoms with van der Waals surface area (Å²) in [5, 5.41) is 7.97. The van der Waals surface area contributed by atoms with Gasteiger partial charge in [0.2, 0.25) is 0 Å². The van der Waals surface area contributed by atoms with Crippen molar-refractivity contribution in [1.29, 1.82) is 0 Å². The van der Waals surface area contributed by atoms with Crippen LogP contribution in [0.25, 0.3) is 0 Å². The fourth-order valence-corrected chi connectivity index (χ4v) is 4.84. The molecule has 1 unspecified atom stereocenters. The summed E-state index contributed by atoms with van der Waals surface area (Å²) in [5.41, 5.74) is 7.29. The van der Waals surface area contributed by atoms with Gasteiger partial charge in [-0.3, -0.25) is 9.69 Å². The van der Waals surface area contributed by atoms with Gasteiger partial charge in [-0.1, -0.05) is 35.1 Å². The Bertz CT molecular complexity index is 1040. The summed E-state index contributed by atoms with van der Waals surface area (Å²) in [6.45, 7) is 9.15. The number of para-hydroxylation sites is 1. The molecule has 0 radical (unpaired) electrons. The highest BCUT2D eigenvalue weighted by molar-refractivity contribution is 7.17. The fourth-order valence-electron chi connectivity index (χ4n) is 3.85. The molecule has 9 nitrogen and oxygen atoms in total. The van der Waals surface area contributed by atoms with Crippen LogP contribution in [0.15, 0.2) is 41.3 Å². The number of aryl methyl sites for hydroxylation is 1. The topological polar surface area (TPSA) is 108 Å². The van der Waals surface area contributed by atoms with Gasteiger partial charge in [-0.15, -0.1) is 0 Å². The molecule has 0 bridgehead atoms. The number of nitrogens with zero attached hydrogens (tertiary/aromatic N) is 4. The maximum atomic E-state index is 11.5. The summed E-state index contributed by atoms with van der Waals surface area (Å²) in [6.07, 6.45) is 3.19. The molecule has 1 amide bonds. The summed E-state index contributed by atoms with van der Waals surface area (Å²) in [5.74, 6) is 1.02. The Morgan fingerprint density at radius 1 is 1.36 bits per heavy atom. The third kappa shape index (κ3) is 5.64. The minimum atomic E-state index is -0.502. The highest BCUT2D eigenvalue weighted by Crippen LogP contribution is 2.35. The van der Waals surface area contributed by atoms with Gasteiger partial charge in [0.05, 0.1) is 30.1 Å². The second-order valence-electron chi connectivity index (χ2n) is 7.85. The van der Waals surface area contributed by atoms with Crippen molar-refractivity contribution in [2.45, 2.75) is 20.0 Å². The molecule has 1 saturated heterocycles. The molecule has 0 aliphatic carbocycles. The van der Waals surface area contributed by atoms with Crippen molar-refractivity contribution >= 4 is 45.5 Å². The van der Waals surface area contributed by atoms with E-state index in [1.807, 2.05) is 43.0 Å². The molecule has 176 valence electrons. The number of nitrogens with two attached hydrogens (primary N) is 1. The Morgan fingerprint density at radius 2 is 2.15 bits per heavy atom. The number of nitrogens with one attached hydrogen (secondary N) is 2. The van der Waals surface area contributed by atoms with E-state index in [-0.39, 0.29) is 6.17 Å². The molecule has 3 heterocycles. The van der Waals surface area contributed by atoms with Crippen LogP contribution < -0.4 is 21.3 Å². The largest absolute Gasteiger partial charge is 0.379 e.